The number of ether oxygens (including phenoxy) is 2. The van der Waals surface area contributed by atoms with E-state index in [1.807, 2.05) is 18.2 Å². The molecule has 3 aromatic carbocycles. The molecule has 1 N–H and O–H groups in total. The standard InChI is InChI=1S/C25H22FNO4/c1-30-18-13-12-17(21(14-18)31-2)15-27-23(19-10-6-7-11-20(19)26)22(24(28)25(27)29)16-8-4-3-5-9-16/h3-14,23,28H,15H2,1-2H3/t23-/m1/s1. The third kappa shape index (κ3) is 3.72. The van der Waals surface area contributed by atoms with Crippen molar-refractivity contribution in [2.45, 2.75) is 12.6 Å². The SMILES string of the molecule is COc1ccc(CN2C(=O)C(O)=C(c3ccccc3)[C@H]2c2ccccc2F)c(OC)c1. The molecule has 6 heteroatoms. The van der Waals surface area contributed by atoms with Crippen molar-refractivity contribution in [1.29, 1.82) is 0 Å². The molecule has 158 valence electrons. The van der Waals surface area contributed by atoms with E-state index in [1.165, 1.54) is 18.1 Å². The van der Waals surface area contributed by atoms with Gasteiger partial charge in [0.2, 0.25) is 0 Å². The quantitative estimate of drug-likeness (QED) is 0.618. The number of aliphatic hydroxyl groups excluding tert-OH is 1. The van der Waals surface area contributed by atoms with Crippen molar-refractivity contribution in [3.63, 3.8) is 0 Å². The number of aliphatic hydroxyl groups is 1. The Hall–Kier alpha value is -3.80. The predicted molar refractivity (Wildman–Crippen MR) is 115 cm³/mol. The van der Waals surface area contributed by atoms with Crippen LogP contribution in [0.25, 0.3) is 5.57 Å². The first-order valence-electron chi connectivity index (χ1n) is 9.80. The highest BCUT2D eigenvalue weighted by atomic mass is 19.1. The van der Waals surface area contributed by atoms with Gasteiger partial charge in [0, 0.05) is 22.8 Å². The van der Waals surface area contributed by atoms with Gasteiger partial charge in [-0.1, -0.05) is 48.5 Å². The number of carbonyl (C=O) groups is 1. The minimum Gasteiger partial charge on any atom is -0.503 e. The van der Waals surface area contributed by atoms with Crippen molar-refractivity contribution >= 4 is 11.5 Å². The second-order valence-corrected chi connectivity index (χ2v) is 7.16. The summed E-state index contributed by atoms with van der Waals surface area (Å²) in [6.07, 6.45) is 0. The molecule has 0 aliphatic carbocycles. The number of methoxy groups -OCH3 is 2. The lowest BCUT2D eigenvalue weighted by atomic mass is 9.93. The van der Waals surface area contributed by atoms with Crippen LogP contribution in [-0.2, 0) is 11.3 Å². The van der Waals surface area contributed by atoms with Gasteiger partial charge in [0.25, 0.3) is 5.91 Å². The van der Waals surface area contributed by atoms with Crippen molar-refractivity contribution in [3.05, 3.63) is 101 Å². The zero-order chi connectivity index (χ0) is 22.0. The van der Waals surface area contributed by atoms with Crippen LogP contribution in [0.2, 0.25) is 0 Å². The van der Waals surface area contributed by atoms with E-state index in [0.29, 0.717) is 33.8 Å². The zero-order valence-electron chi connectivity index (χ0n) is 17.2. The minimum absolute atomic E-state index is 0.116. The molecule has 5 nitrogen and oxygen atoms in total. The molecule has 0 saturated heterocycles. The largest absolute Gasteiger partial charge is 0.503 e. The molecule has 0 spiro atoms. The van der Waals surface area contributed by atoms with Gasteiger partial charge in [-0.15, -0.1) is 0 Å². The second kappa shape index (κ2) is 8.52. The fraction of sp³-hybridized carbons (Fsp3) is 0.160. The van der Waals surface area contributed by atoms with Crippen LogP contribution in [0.5, 0.6) is 11.5 Å². The van der Waals surface area contributed by atoms with Gasteiger partial charge in [-0.2, -0.15) is 0 Å². The van der Waals surface area contributed by atoms with Gasteiger partial charge in [0.1, 0.15) is 17.3 Å². The average molecular weight is 419 g/mol. The highest BCUT2D eigenvalue weighted by Gasteiger charge is 2.42. The number of nitrogens with zero attached hydrogens (tertiary/aromatic N) is 1. The maximum Gasteiger partial charge on any atom is 0.290 e. The Morgan fingerprint density at radius 2 is 1.68 bits per heavy atom. The smallest absolute Gasteiger partial charge is 0.290 e. The number of halogens is 1. The van der Waals surface area contributed by atoms with Gasteiger partial charge in [-0.3, -0.25) is 4.79 Å². The topological polar surface area (TPSA) is 59.0 Å². The van der Waals surface area contributed by atoms with Crippen LogP contribution in [0.1, 0.15) is 22.7 Å². The lowest BCUT2D eigenvalue weighted by molar-refractivity contribution is -0.130. The number of amides is 1. The van der Waals surface area contributed by atoms with E-state index in [-0.39, 0.29) is 12.3 Å². The maximum atomic E-state index is 14.9. The summed E-state index contributed by atoms with van der Waals surface area (Å²) in [4.78, 5) is 14.6. The Balaban J connectivity index is 1.82. The van der Waals surface area contributed by atoms with E-state index in [0.717, 1.165) is 0 Å². The maximum absolute atomic E-state index is 14.9. The van der Waals surface area contributed by atoms with Crippen molar-refractivity contribution < 1.29 is 23.8 Å². The van der Waals surface area contributed by atoms with Gasteiger partial charge < -0.3 is 19.5 Å². The molecule has 0 unspecified atom stereocenters. The Bertz CT molecular complexity index is 1140. The molecule has 1 amide bonds. The normalized spacial score (nSPS) is 16.0. The van der Waals surface area contributed by atoms with Gasteiger partial charge in [-0.05, 0) is 23.8 Å². The summed E-state index contributed by atoms with van der Waals surface area (Å²) in [5.41, 5.74) is 2.06. The molecular weight excluding hydrogens is 397 g/mol. The monoisotopic (exact) mass is 419 g/mol. The molecule has 4 rings (SSSR count). The molecule has 1 aliphatic heterocycles. The highest BCUT2D eigenvalue weighted by molar-refractivity contribution is 6.05. The van der Waals surface area contributed by atoms with Crippen LogP contribution < -0.4 is 9.47 Å². The van der Waals surface area contributed by atoms with Crippen molar-refractivity contribution in [1.82, 2.24) is 4.90 Å². The van der Waals surface area contributed by atoms with Crippen molar-refractivity contribution in [2.24, 2.45) is 0 Å². The Labute approximate surface area is 180 Å². The first-order chi connectivity index (χ1) is 15.0. The predicted octanol–water partition coefficient (Wildman–Crippen LogP) is 4.90. The second-order valence-electron chi connectivity index (χ2n) is 7.16. The lowest BCUT2D eigenvalue weighted by Crippen LogP contribution is -2.30. The van der Waals surface area contributed by atoms with Gasteiger partial charge in [0.15, 0.2) is 5.76 Å². The zero-order valence-corrected chi connectivity index (χ0v) is 17.2. The van der Waals surface area contributed by atoms with E-state index in [9.17, 15) is 14.3 Å². The molecule has 3 aromatic rings. The molecule has 31 heavy (non-hydrogen) atoms. The third-order valence-corrected chi connectivity index (χ3v) is 5.42. The Morgan fingerprint density at radius 3 is 2.35 bits per heavy atom. The molecule has 1 atom stereocenters. The first-order valence-corrected chi connectivity index (χ1v) is 9.80. The number of hydrogen-bond donors (Lipinski definition) is 1. The van der Waals surface area contributed by atoms with E-state index in [1.54, 1.807) is 55.6 Å². The molecule has 0 bridgehead atoms. The van der Waals surface area contributed by atoms with E-state index >= 15 is 0 Å². The number of benzene rings is 3. The summed E-state index contributed by atoms with van der Waals surface area (Å²) in [5.74, 6) is -0.246. The Kier molecular flexibility index (Phi) is 5.62. The number of rotatable bonds is 6. The van der Waals surface area contributed by atoms with Gasteiger partial charge >= 0.3 is 0 Å². The highest BCUT2D eigenvalue weighted by Crippen LogP contribution is 2.45. The third-order valence-electron chi connectivity index (χ3n) is 5.42. The molecule has 0 saturated carbocycles. The fourth-order valence-corrected chi connectivity index (χ4v) is 3.92. The van der Waals surface area contributed by atoms with Crippen LogP contribution in [0.15, 0.2) is 78.6 Å². The first kappa shape index (κ1) is 20.5. The molecule has 0 fully saturated rings. The molecule has 1 aliphatic rings. The van der Waals surface area contributed by atoms with Crippen molar-refractivity contribution in [3.8, 4) is 11.5 Å². The fourth-order valence-electron chi connectivity index (χ4n) is 3.92. The average Bonchev–Trinajstić information content (AvgIpc) is 3.05. The lowest BCUT2D eigenvalue weighted by Gasteiger charge is -2.28. The summed E-state index contributed by atoms with van der Waals surface area (Å²) < 4.78 is 25.6. The molecule has 0 radical (unpaired) electrons. The van der Waals surface area contributed by atoms with Gasteiger partial charge in [0.05, 0.1) is 26.8 Å². The van der Waals surface area contributed by atoms with E-state index < -0.39 is 17.8 Å². The van der Waals surface area contributed by atoms with Crippen molar-refractivity contribution in [2.75, 3.05) is 14.2 Å². The molecular formula is C25H22FNO4. The van der Waals surface area contributed by atoms with E-state index in [2.05, 4.69) is 0 Å². The summed E-state index contributed by atoms with van der Waals surface area (Å²) in [6.45, 7) is 0.116. The van der Waals surface area contributed by atoms with E-state index in [4.69, 9.17) is 9.47 Å². The summed E-state index contributed by atoms with van der Waals surface area (Å²) in [6, 6.07) is 19.8. The Morgan fingerprint density at radius 1 is 0.968 bits per heavy atom. The molecule has 0 aromatic heterocycles. The van der Waals surface area contributed by atoms with Crippen LogP contribution in [0.4, 0.5) is 4.39 Å². The minimum atomic E-state index is -0.789. The summed E-state index contributed by atoms with van der Waals surface area (Å²) >= 11 is 0. The van der Waals surface area contributed by atoms with Crippen LogP contribution in [0.3, 0.4) is 0 Å². The van der Waals surface area contributed by atoms with Crippen LogP contribution in [-0.4, -0.2) is 30.1 Å². The summed E-state index contributed by atoms with van der Waals surface area (Å²) in [5, 5.41) is 10.8. The van der Waals surface area contributed by atoms with Crippen LogP contribution >= 0.6 is 0 Å². The van der Waals surface area contributed by atoms with Crippen LogP contribution in [0, 0.1) is 5.82 Å². The summed E-state index contributed by atoms with van der Waals surface area (Å²) in [7, 11) is 3.09. The molecule has 1 heterocycles. The number of hydrogen-bond acceptors (Lipinski definition) is 4. The van der Waals surface area contributed by atoms with Gasteiger partial charge in [-0.25, -0.2) is 4.39 Å². The number of carbonyl (C=O) groups excluding carboxylic acids is 1.